The molecule has 5 rings (SSSR count). The van der Waals surface area contributed by atoms with Gasteiger partial charge in [0.05, 0.1) is 24.2 Å². The molecule has 3 heterocycles. The number of nitrogens with zero attached hydrogens (tertiary/aromatic N) is 4. The number of likely N-dealkylation sites (tertiary alicyclic amines) is 1. The van der Waals surface area contributed by atoms with Gasteiger partial charge in [-0.3, -0.25) is 9.88 Å². The Balaban J connectivity index is 1.27. The van der Waals surface area contributed by atoms with Crippen LogP contribution in [0.5, 0.6) is 5.75 Å². The molecular weight excluding hydrogens is 364 g/mol. The lowest BCUT2D eigenvalue weighted by molar-refractivity contribution is 0.306. The van der Waals surface area contributed by atoms with Crippen molar-refractivity contribution in [3.63, 3.8) is 0 Å². The lowest BCUT2D eigenvalue weighted by Crippen LogP contribution is -2.20. The summed E-state index contributed by atoms with van der Waals surface area (Å²) in [5, 5.41) is 5.35. The van der Waals surface area contributed by atoms with Gasteiger partial charge in [0, 0.05) is 24.0 Å². The minimum Gasteiger partial charge on any atom is -0.497 e. The highest BCUT2D eigenvalue weighted by molar-refractivity contribution is 5.78. The molecule has 0 radical (unpaired) electrons. The van der Waals surface area contributed by atoms with Crippen LogP contribution in [0, 0.1) is 0 Å². The number of hydrogen-bond acceptors (Lipinski definition) is 6. The van der Waals surface area contributed by atoms with E-state index in [1.165, 1.54) is 5.39 Å². The van der Waals surface area contributed by atoms with E-state index in [4.69, 9.17) is 14.2 Å². The molecular formula is C23H22N4O2. The summed E-state index contributed by atoms with van der Waals surface area (Å²) >= 11 is 0. The van der Waals surface area contributed by atoms with Gasteiger partial charge in [0.15, 0.2) is 0 Å². The van der Waals surface area contributed by atoms with Gasteiger partial charge in [-0.15, -0.1) is 0 Å². The van der Waals surface area contributed by atoms with Gasteiger partial charge in [0.1, 0.15) is 5.75 Å². The van der Waals surface area contributed by atoms with Crippen LogP contribution in [0.1, 0.15) is 23.9 Å². The van der Waals surface area contributed by atoms with Crippen molar-refractivity contribution in [2.24, 2.45) is 0 Å². The molecule has 1 atom stereocenters. The van der Waals surface area contributed by atoms with Crippen molar-refractivity contribution >= 4 is 10.9 Å². The van der Waals surface area contributed by atoms with E-state index >= 15 is 0 Å². The smallest absolute Gasteiger partial charge is 0.231 e. The Morgan fingerprint density at radius 3 is 2.93 bits per heavy atom. The number of pyridine rings is 1. The molecule has 0 spiro atoms. The summed E-state index contributed by atoms with van der Waals surface area (Å²) in [6.45, 7) is 2.72. The number of benzene rings is 2. The zero-order chi connectivity index (χ0) is 19.6. The molecule has 0 saturated carbocycles. The second-order valence-corrected chi connectivity index (χ2v) is 7.40. The van der Waals surface area contributed by atoms with Crippen LogP contribution < -0.4 is 4.74 Å². The Hall–Kier alpha value is -3.25. The zero-order valence-electron chi connectivity index (χ0n) is 16.3. The molecule has 1 saturated heterocycles. The Morgan fingerprint density at radius 1 is 1.07 bits per heavy atom. The van der Waals surface area contributed by atoms with Crippen molar-refractivity contribution < 1.29 is 9.26 Å². The van der Waals surface area contributed by atoms with E-state index in [0.717, 1.165) is 48.6 Å². The maximum Gasteiger partial charge on any atom is 0.231 e. The van der Waals surface area contributed by atoms with Gasteiger partial charge in [-0.1, -0.05) is 41.6 Å². The molecule has 0 amide bonds. The third-order valence-corrected chi connectivity index (χ3v) is 5.43. The lowest BCUT2D eigenvalue weighted by Gasteiger charge is -2.14. The molecule has 146 valence electrons. The Morgan fingerprint density at radius 2 is 2.00 bits per heavy atom. The van der Waals surface area contributed by atoms with Crippen molar-refractivity contribution in [3.05, 3.63) is 72.2 Å². The van der Waals surface area contributed by atoms with Crippen molar-refractivity contribution in [1.29, 1.82) is 0 Å². The molecule has 2 aromatic heterocycles. The first kappa shape index (κ1) is 17.8. The van der Waals surface area contributed by atoms with Gasteiger partial charge in [-0.2, -0.15) is 4.98 Å². The van der Waals surface area contributed by atoms with Gasteiger partial charge >= 0.3 is 0 Å². The minimum absolute atomic E-state index is 0.252. The van der Waals surface area contributed by atoms with Crippen LogP contribution in [-0.2, 0) is 6.54 Å². The van der Waals surface area contributed by atoms with Crippen LogP contribution in [0.2, 0.25) is 0 Å². The fourth-order valence-corrected chi connectivity index (χ4v) is 3.88. The Bertz CT molecular complexity index is 1140. The molecule has 6 heteroatoms. The first-order valence-corrected chi connectivity index (χ1v) is 9.83. The molecule has 1 aliphatic heterocycles. The maximum absolute atomic E-state index is 5.59. The second-order valence-electron chi connectivity index (χ2n) is 7.40. The molecule has 0 bridgehead atoms. The first-order valence-electron chi connectivity index (χ1n) is 9.83. The lowest BCUT2D eigenvalue weighted by atomic mass is 10.1. The average molecular weight is 386 g/mol. The van der Waals surface area contributed by atoms with E-state index in [-0.39, 0.29) is 5.92 Å². The first-order chi connectivity index (χ1) is 14.3. The molecule has 1 fully saturated rings. The normalized spacial score (nSPS) is 17.1. The predicted molar refractivity (Wildman–Crippen MR) is 111 cm³/mol. The van der Waals surface area contributed by atoms with Crippen LogP contribution in [0.15, 0.2) is 65.2 Å². The van der Waals surface area contributed by atoms with Gasteiger partial charge in [0.25, 0.3) is 0 Å². The molecule has 29 heavy (non-hydrogen) atoms. The quantitative estimate of drug-likeness (QED) is 0.510. The topological polar surface area (TPSA) is 64.3 Å². The molecule has 0 unspecified atom stereocenters. The summed E-state index contributed by atoms with van der Waals surface area (Å²) in [6, 6.07) is 20.2. The number of aromatic nitrogens is 3. The van der Waals surface area contributed by atoms with Crippen LogP contribution in [0.4, 0.5) is 0 Å². The maximum atomic E-state index is 5.59. The number of para-hydroxylation sites is 1. The summed E-state index contributed by atoms with van der Waals surface area (Å²) in [7, 11) is 1.65. The standard InChI is InChI=1S/C23H22N4O2/c1-28-20-7-4-6-17(13-20)22-25-23(29-26-22)18-11-12-27(14-18)15-19-10-9-16-5-2-3-8-21(16)24-19/h2-10,13,18H,11-12,14-15H2,1H3/t18-/m1/s1. The Labute approximate surface area is 169 Å². The highest BCUT2D eigenvalue weighted by Gasteiger charge is 2.28. The monoisotopic (exact) mass is 386 g/mol. The highest BCUT2D eigenvalue weighted by atomic mass is 16.5. The predicted octanol–water partition coefficient (Wildman–Crippen LogP) is 4.28. The number of ether oxygens (including phenoxy) is 1. The number of hydrogen-bond donors (Lipinski definition) is 0. The fourth-order valence-electron chi connectivity index (χ4n) is 3.88. The van der Waals surface area contributed by atoms with Gasteiger partial charge in [-0.05, 0) is 37.2 Å². The average Bonchev–Trinajstić information content (AvgIpc) is 3.43. The van der Waals surface area contributed by atoms with Crippen molar-refractivity contribution in [1.82, 2.24) is 20.0 Å². The van der Waals surface area contributed by atoms with Crippen molar-refractivity contribution in [2.75, 3.05) is 20.2 Å². The summed E-state index contributed by atoms with van der Waals surface area (Å²) in [4.78, 5) is 11.8. The summed E-state index contributed by atoms with van der Waals surface area (Å²) in [6.07, 6.45) is 1.01. The third kappa shape index (κ3) is 3.71. The third-order valence-electron chi connectivity index (χ3n) is 5.43. The van der Waals surface area contributed by atoms with E-state index in [2.05, 4.69) is 39.3 Å². The minimum atomic E-state index is 0.252. The van der Waals surface area contributed by atoms with Gasteiger partial charge < -0.3 is 9.26 Å². The molecule has 2 aromatic carbocycles. The molecule has 6 nitrogen and oxygen atoms in total. The van der Waals surface area contributed by atoms with Crippen LogP contribution in [0.25, 0.3) is 22.3 Å². The largest absolute Gasteiger partial charge is 0.497 e. The van der Waals surface area contributed by atoms with E-state index in [1.54, 1.807) is 7.11 Å². The van der Waals surface area contributed by atoms with Crippen LogP contribution >= 0.6 is 0 Å². The Kier molecular flexibility index (Phi) is 4.69. The van der Waals surface area contributed by atoms with E-state index in [0.29, 0.717) is 11.7 Å². The molecule has 1 aliphatic rings. The van der Waals surface area contributed by atoms with E-state index < -0.39 is 0 Å². The summed E-state index contributed by atoms with van der Waals surface area (Å²) in [5.74, 6) is 2.34. The summed E-state index contributed by atoms with van der Waals surface area (Å²) in [5.41, 5.74) is 3.03. The number of fused-ring (bicyclic) bond motifs is 1. The summed E-state index contributed by atoms with van der Waals surface area (Å²) < 4.78 is 10.9. The van der Waals surface area contributed by atoms with Crippen LogP contribution in [-0.4, -0.2) is 40.2 Å². The van der Waals surface area contributed by atoms with Gasteiger partial charge in [-0.25, -0.2) is 0 Å². The zero-order valence-corrected chi connectivity index (χ0v) is 16.3. The van der Waals surface area contributed by atoms with Gasteiger partial charge in [0.2, 0.25) is 11.7 Å². The van der Waals surface area contributed by atoms with E-state index in [9.17, 15) is 0 Å². The number of rotatable bonds is 5. The van der Waals surface area contributed by atoms with E-state index in [1.807, 2.05) is 36.4 Å². The fraction of sp³-hybridized carbons (Fsp3) is 0.261. The van der Waals surface area contributed by atoms with Crippen molar-refractivity contribution in [3.8, 4) is 17.1 Å². The second kappa shape index (κ2) is 7.64. The molecule has 4 aromatic rings. The number of methoxy groups -OCH3 is 1. The van der Waals surface area contributed by atoms with Crippen LogP contribution in [0.3, 0.4) is 0 Å². The van der Waals surface area contributed by atoms with Crippen molar-refractivity contribution in [2.45, 2.75) is 18.9 Å². The molecule has 0 N–H and O–H groups in total. The highest BCUT2D eigenvalue weighted by Crippen LogP contribution is 2.29. The molecule has 0 aliphatic carbocycles. The SMILES string of the molecule is COc1cccc(-c2noc([C@@H]3CCN(Cc4ccc5ccccc5n4)C3)n2)c1.